The number of piperazine rings is 1. The average Bonchev–Trinajstić information content (AvgIpc) is 2.45. The number of amides is 1. The molecular weight excluding hydrogens is 288 g/mol. The third-order valence-corrected chi connectivity index (χ3v) is 4.45. The van der Waals surface area contributed by atoms with Gasteiger partial charge in [0.05, 0.1) is 5.25 Å². The lowest BCUT2D eigenvalue weighted by molar-refractivity contribution is -0.132. The highest BCUT2D eigenvalue weighted by molar-refractivity contribution is 8.00. The zero-order chi connectivity index (χ0) is 15.4. The second-order valence-corrected chi connectivity index (χ2v) is 6.33. The number of carbonyl (C=O) groups excluding carboxylic acids is 1. The Balaban J connectivity index is 1.93. The van der Waals surface area contributed by atoms with E-state index in [1.54, 1.807) is 0 Å². The van der Waals surface area contributed by atoms with Crippen LogP contribution in [0.4, 0.5) is 11.6 Å². The summed E-state index contributed by atoms with van der Waals surface area (Å²) in [6.45, 7) is 8.44. The van der Waals surface area contributed by atoms with Crippen LogP contribution in [0.5, 0.6) is 0 Å². The normalized spacial score (nSPS) is 17.7. The Labute approximate surface area is 129 Å². The van der Waals surface area contributed by atoms with E-state index in [0.717, 1.165) is 32.7 Å². The van der Waals surface area contributed by atoms with Crippen LogP contribution in [0.15, 0.2) is 11.2 Å². The van der Waals surface area contributed by atoms with E-state index < -0.39 is 0 Å². The minimum Gasteiger partial charge on any atom is -0.383 e. The quantitative estimate of drug-likeness (QED) is 0.608. The molecule has 1 aliphatic heterocycles. The average molecular weight is 310 g/mol. The molecule has 1 atom stereocenters. The Morgan fingerprint density at radius 2 is 1.86 bits per heavy atom. The molecule has 2 rings (SSSR count). The fourth-order valence-electron chi connectivity index (χ4n) is 2.26. The number of hydrogen-bond donors (Lipinski definition) is 2. The summed E-state index contributed by atoms with van der Waals surface area (Å²) in [7, 11) is 0. The summed E-state index contributed by atoms with van der Waals surface area (Å²) in [6, 6.07) is 1.50. The van der Waals surface area contributed by atoms with Crippen LogP contribution in [0, 0.1) is 0 Å². The fourth-order valence-corrected chi connectivity index (χ4v) is 3.15. The molecule has 2 heterocycles. The molecule has 1 fully saturated rings. The van der Waals surface area contributed by atoms with Gasteiger partial charge in [-0.15, -0.1) is 0 Å². The number of aromatic nitrogens is 2. The van der Waals surface area contributed by atoms with Crippen molar-refractivity contribution < 1.29 is 4.79 Å². The van der Waals surface area contributed by atoms with E-state index in [4.69, 9.17) is 11.5 Å². The molecule has 7 nitrogen and oxygen atoms in total. The molecular formula is C13H22N6OS. The van der Waals surface area contributed by atoms with Crippen LogP contribution >= 0.6 is 11.8 Å². The number of rotatable bonds is 4. The first-order valence-corrected chi connectivity index (χ1v) is 7.95. The van der Waals surface area contributed by atoms with Crippen LogP contribution in [0.25, 0.3) is 0 Å². The maximum atomic E-state index is 12.4. The SMILES string of the molecule is CCN1CCN(C(=O)C(C)Sc2nc(N)cc(N)n2)CC1. The highest BCUT2D eigenvalue weighted by Crippen LogP contribution is 2.23. The molecule has 1 saturated heterocycles. The Morgan fingerprint density at radius 1 is 1.29 bits per heavy atom. The Kier molecular flexibility index (Phi) is 5.24. The van der Waals surface area contributed by atoms with Gasteiger partial charge in [-0.3, -0.25) is 4.79 Å². The molecule has 1 aromatic heterocycles. The molecule has 116 valence electrons. The van der Waals surface area contributed by atoms with E-state index in [-0.39, 0.29) is 11.2 Å². The number of anilines is 2. The number of likely N-dealkylation sites (N-methyl/N-ethyl adjacent to an activating group) is 1. The first-order valence-electron chi connectivity index (χ1n) is 7.07. The van der Waals surface area contributed by atoms with Crippen molar-refractivity contribution in [2.45, 2.75) is 24.3 Å². The molecule has 0 spiro atoms. The molecule has 0 bridgehead atoms. The van der Waals surface area contributed by atoms with Crippen molar-refractivity contribution in [3.8, 4) is 0 Å². The summed E-state index contributed by atoms with van der Waals surface area (Å²) >= 11 is 1.29. The van der Waals surface area contributed by atoms with Crippen molar-refractivity contribution >= 4 is 29.3 Å². The van der Waals surface area contributed by atoms with Gasteiger partial charge in [-0.2, -0.15) is 0 Å². The zero-order valence-electron chi connectivity index (χ0n) is 12.5. The highest BCUT2D eigenvalue weighted by Gasteiger charge is 2.25. The lowest BCUT2D eigenvalue weighted by Crippen LogP contribution is -2.50. The van der Waals surface area contributed by atoms with Gasteiger partial charge in [0.25, 0.3) is 0 Å². The lowest BCUT2D eigenvalue weighted by Gasteiger charge is -2.35. The van der Waals surface area contributed by atoms with E-state index in [2.05, 4.69) is 21.8 Å². The van der Waals surface area contributed by atoms with Crippen molar-refractivity contribution in [1.82, 2.24) is 19.8 Å². The standard InChI is InChI=1S/C13H22N6OS/c1-3-18-4-6-19(7-5-18)12(20)9(2)21-13-16-10(14)8-11(15)17-13/h8-9H,3-7H2,1-2H3,(H4,14,15,16,17). The summed E-state index contributed by atoms with van der Waals surface area (Å²) < 4.78 is 0. The molecule has 1 unspecified atom stereocenters. The van der Waals surface area contributed by atoms with Gasteiger partial charge in [-0.05, 0) is 13.5 Å². The van der Waals surface area contributed by atoms with Crippen LogP contribution in [0.3, 0.4) is 0 Å². The van der Waals surface area contributed by atoms with Crippen molar-refractivity contribution in [3.63, 3.8) is 0 Å². The number of nitrogens with zero attached hydrogens (tertiary/aromatic N) is 4. The second kappa shape index (κ2) is 6.95. The van der Waals surface area contributed by atoms with E-state index >= 15 is 0 Å². The van der Waals surface area contributed by atoms with Gasteiger partial charge in [0.2, 0.25) is 5.91 Å². The molecule has 0 saturated carbocycles. The van der Waals surface area contributed by atoms with Crippen LogP contribution in [0.1, 0.15) is 13.8 Å². The Morgan fingerprint density at radius 3 is 2.38 bits per heavy atom. The number of nitrogen functional groups attached to an aromatic ring is 2. The summed E-state index contributed by atoms with van der Waals surface area (Å²) in [6.07, 6.45) is 0. The summed E-state index contributed by atoms with van der Waals surface area (Å²) in [4.78, 5) is 24.9. The van der Waals surface area contributed by atoms with Crippen molar-refractivity contribution in [2.75, 3.05) is 44.2 Å². The van der Waals surface area contributed by atoms with Crippen molar-refractivity contribution in [2.24, 2.45) is 0 Å². The van der Waals surface area contributed by atoms with E-state index in [9.17, 15) is 4.79 Å². The fraction of sp³-hybridized carbons (Fsp3) is 0.615. The third kappa shape index (κ3) is 4.21. The molecule has 8 heteroatoms. The van der Waals surface area contributed by atoms with Gasteiger partial charge in [-0.1, -0.05) is 18.7 Å². The maximum absolute atomic E-state index is 12.4. The van der Waals surface area contributed by atoms with Gasteiger partial charge in [0.1, 0.15) is 11.6 Å². The van der Waals surface area contributed by atoms with Gasteiger partial charge >= 0.3 is 0 Å². The van der Waals surface area contributed by atoms with Crippen LogP contribution in [-0.4, -0.2) is 63.6 Å². The number of hydrogen-bond acceptors (Lipinski definition) is 7. The zero-order valence-corrected chi connectivity index (χ0v) is 13.3. The van der Waals surface area contributed by atoms with Gasteiger partial charge in [-0.25, -0.2) is 9.97 Å². The number of nitrogens with two attached hydrogens (primary N) is 2. The van der Waals surface area contributed by atoms with Gasteiger partial charge < -0.3 is 21.3 Å². The van der Waals surface area contributed by atoms with E-state index in [1.807, 2.05) is 11.8 Å². The van der Waals surface area contributed by atoms with Crippen LogP contribution in [-0.2, 0) is 4.79 Å². The predicted octanol–water partition coefficient (Wildman–Crippen LogP) is 0.286. The Hall–Kier alpha value is -1.54. The molecule has 21 heavy (non-hydrogen) atoms. The number of carbonyl (C=O) groups is 1. The molecule has 0 aliphatic carbocycles. The minimum atomic E-state index is -0.251. The molecule has 1 amide bonds. The topological polar surface area (TPSA) is 101 Å². The summed E-state index contributed by atoms with van der Waals surface area (Å²) in [5, 5.41) is 0.194. The smallest absolute Gasteiger partial charge is 0.235 e. The van der Waals surface area contributed by atoms with Crippen LogP contribution < -0.4 is 11.5 Å². The predicted molar refractivity (Wildman–Crippen MR) is 84.9 cm³/mol. The van der Waals surface area contributed by atoms with Crippen LogP contribution in [0.2, 0.25) is 0 Å². The first kappa shape index (κ1) is 15.8. The molecule has 0 aromatic carbocycles. The second-order valence-electron chi connectivity index (χ2n) is 5.02. The largest absolute Gasteiger partial charge is 0.383 e. The monoisotopic (exact) mass is 310 g/mol. The third-order valence-electron chi connectivity index (χ3n) is 3.51. The first-order chi connectivity index (χ1) is 9.99. The maximum Gasteiger partial charge on any atom is 0.235 e. The van der Waals surface area contributed by atoms with Gasteiger partial charge in [0.15, 0.2) is 5.16 Å². The van der Waals surface area contributed by atoms with E-state index in [1.165, 1.54) is 17.8 Å². The molecule has 4 N–H and O–H groups in total. The molecule has 0 radical (unpaired) electrons. The minimum absolute atomic E-state index is 0.111. The van der Waals surface area contributed by atoms with E-state index in [0.29, 0.717) is 16.8 Å². The van der Waals surface area contributed by atoms with Crippen molar-refractivity contribution in [1.29, 1.82) is 0 Å². The van der Waals surface area contributed by atoms with Crippen molar-refractivity contribution in [3.05, 3.63) is 6.07 Å². The Bertz CT molecular complexity index is 483. The van der Waals surface area contributed by atoms with Gasteiger partial charge in [0, 0.05) is 32.2 Å². The number of thioether (sulfide) groups is 1. The highest BCUT2D eigenvalue weighted by atomic mass is 32.2. The molecule has 1 aliphatic rings. The summed E-state index contributed by atoms with van der Waals surface area (Å²) in [5.74, 6) is 0.753. The lowest BCUT2D eigenvalue weighted by atomic mass is 10.3. The molecule has 1 aromatic rings. The summed E-state index contributed by atoms with van der Waals surface area (Å²) in [5.41, 5.74) is 11.3.